The second kappa shape index (κ2) is 11.0. The first kappa shape index (κ1) is 24.9. The fraction of sp³-hybridized carbons (Fsp3) is 0.385. The molecule has 2 aromatic carbocycles. The van der Waals surface area contributed by atoms with E-state index in [0.717, 1.165) is 15.8 Å². The largest absolute Gasteiger partial charge is 0.497 e. The van der Waals surface area contributed by atoms with Gasteiger partial charge in [0.15, 0.2) is 0 Å². The molecular weight excluding hydrogens is 466 g/mol. The number of benzene rings is 2. The number of carbonyl (C=O) groups excluding carboxylic acids is 2. The summed E-state index contributed by atoms with van der Waals surface area (Å²) in [5.74, 6) is 1.30. The number of rotatable bonds is 8. The molecule has 1 aliphatic heterocycles. The van der Waals surface area contributed by atoms with Gasteiger partial charge in [-0.3, -0.25) is 9.59 Å². The monoisotopic (exact) mass is 497 g/mol. The van der Waals surface area contributed by atoms with Crippen molar-refractivity contribution >= 4 is 40.2 Å². The molecule has 1 fully saturated rings. The van der Waals surface area contributed by atoms with E-state index in [9.17, 15) is 9.59 Å². The molecule has 0 bridgehead atoms. The van der Waals surface area contributed by atoms with E-state index < -0.39 is 0 Å². The molecule has 2 atom stereocenters. The van der Waals surface area contributed by atoms with Crippen molar-refractivity contribution in [3.63, 3.8) is 0 Å². The summed E-state index contributed by atoms with van der Waals surface area (Å²) in [6.45, 7) is 5.41. The number of amides is 2. The van der Waals surface area contributed by atoms with E-state index in [4.69, 9.17) is 14.2 Å². The lowest BCUT2D eigenvalue weighted by molar-refractivity contribution is -0.143. The van der Waals surface area contributed by atoms with Crippen molar-refractivity contribution in [1.82, 2.24) is 9.47 Å². The van der Waals surface area contributed by atoms with Crippen LogP contribution in [0.4, 0.5) is 5.69 Å². The number of methoxy groups -OCH3 is 2. The Bertz CT molecular complexity index is 1200. The zero-order valence-electron chi connectivity index (χ0n) is 20.4. The molecule has 1 N–H and O–H groups in total. The number of thioether (sulfide) groups is 1. The average Bonchev–Trinajstić information content (AvgIpc) is 3.19. The number of morpholine rings is 1. The summed E-state index contributed by atoms with van der Waals surface area (Å²) >= 11 is 1.44. The first-order valence-electron chi connectivity index (χ1n) is 11.5. The zero-order valence-corrected chi connectivity index (χ0v) is 21.3. The second-order valence-corrected chi connectivity index (χ2v) is 9.61. The normalized spacial score (nSPS) is 17.9. The maximum atomic E-state index is 13.1. The SMILES string of the molecule is COc1ccc(OC)c(NC(=O)CSc2cn(CC(=O)N3CC(C)OC(C)C3)c3ccccc23)c1. The summed E-state index contributed by atoms with van der Waals surface area (Å²) in [5.41, 5.74) is 1.52. The molecule has 1 saturated heterocycles. The van der Waals surface area contributed by atoms with E-state index in [1.807, 2.05) is 53.8 Å². The van der Waals surface area contributed by atoms with Crippen LogP contribution in [0.5, 0.6) is 11.5 Å². The van der Waals surface area contributed by atoms with Crippen LogP contribution in [0.1, 0.15) is 13.8 Å². The molecule has 0 spiro atoms. The molecule has 2 unspecified atom stereocenters. The molecule has 35 heavy (non-hydrogen) atoms. The van der Waals surface area contributed by atoms with E-state index in [1.54, 1.807) is 32.4 Å². The van der Waals surface area contributed by atoms with Gasteiger partial charge in [-0.1, -0.05) is 18.2 Å². The molecule has 0 aliphatic carbocycles. The van der Waals surface area contributed by atoms with E-state index in [1.165, 1.54) is 11.8 Å². The lowest BCUT2D eigenvalue weighted by Crippen LogP contribution is -2.49. The lowest BCUT2D eigenvalue weighted by Gasteiger charge is -2.35. The molecule has 186 valence electrons. The highest BCUT2D eigenvalue weighted by molar-refractivity contribution is 8.00. The number of hydrogen-bond acceptors (Lipinski definition) is 6. The first-order chi connectivity index (χ1) is 16.9. The van der Waals surface area contributed by atoms with Crippen molar-refractivity contribution in [2.75, 3.05) is 38.4 Å². The quantitative estimate of drug-likeness (QED) is 0.474. The molecular formula is C26H31N3O5S. The predicted octanol–water partition coefficient (Wildman–Crippen LogP) is 4.03. The molecule has 0 radical (unpaired) electrons. The van der Waals surface area contributed by atoms with Gasteiger partial charge >= 0.3 is 0 Å². The Morgan fingerprint density at radius 1 is 1.09 bits per heavy atom. The third-order valence-electron chi connectivity index (χ3n) is 5.87. The number of ether oxygens (including phenoxy) is 3. The first-order valence-corrected chi connectivity index (χ1v) is 12.5. The van der Waals surface area contributed by atoms with Crippen molar-refractivity contribution in [2.24, 2.45) is 0 Å². The topological polar surface area (TPSA) is 82.0 Å². The van der Waals surface area contributed by atoms with Crippen LogP contribution in [-0.2, 0) is 20.9 Å². The molecule has 2 amide bonds. The van der Waals surface area contributed by atoms with Crippen LogP contribution < -0.4 is 14.8 Å². The Hall–Kier alpha value is -3.17. The van der Waals surface area contributed by atoms with E-state index in [2.05, 4.69) is 5.32 Å². The number of fused-ring (bicyclic) bond motifs is 1. The van der Waals surface area contributed by atoms with Crippen LogP contribution >= 0.6 is 11.8 Å². The van der Waals surface area contributed by atoms with Gasteiger partial charge in [-0.2, -0.15) is 0 Å². The van der Waals surface area contributed by atoms with Crippen molar-refractivity contribution in [2.45, 2.75) is 37.5 Å². The van der Waals surface area contributed by atoms with Gasteiger partial charge in [-0.15, -0.1) is 11.8 Å². The standard InChI is InChI=1S/C26H31N3O5S/c1-17-12-29(13-18(2)34-17)26(31)15-28-14-24(20-7-5-6-8-22(20)28)35-16-25(30)27-21-11-19(32-3)9-10-23(21)33-4/h5-11,14,17-18H,12-13,15-16H2,1-4H3,(H,27,30). The molecule has 2 heterocycles. The van der Waals surface area contributed by atoms with Crippen LogP contribution in [0.2, 0.25) is 0 Å². The summed E-state index contributed by atoms with van der Waals surface area (Å²) in [7, 11) is 3.13. The fourth-order valence-electron chi connectivity index (χ4n) is 4.33. The minimum Gasteiger partial charge on any atom is -0.497 e. The number of nitrogens with zero attached hydrogens (tertiary/aromatic N) is 2. The van der Waals surface area contributed by atoms with Gasteiger partial charge in [-0.05, 0) is 32.0 Å². The molecule has 4 rings (SSSR count). The summed E-state index contributed by atoms with van der Waals surface area (Å²) in [5, 5.41) is 3.92. The Morgan fingerprint density at radius 3 is 2.54 bits per heavy atom. The number of anilines is 1. The number of aromatic nitrogens is 1. The third-order valence-corrected chi connectivity index (χ3v) is 6.91. The lowest BCUT2D eigenvalue weighted by atomic mass is 10.2. The molecule has 9 heteroatoms. The van der Waals surface area contributed by atoms with Crippen LogP contribution in [-0.4, -0.2) is 66.6 Å². The van der Waals surface area contributed by atoms with Gasteiger partial charge in [0, 0.05) is 41.2 Å². The summed E-state index contributed by atoms with van der Waals surface area (Å²) in [6, 6.07) is 13.2. The van der Waals surface area contributed by atoms with Crippen LogP contribution in [0, 0.1) is 0 Å². The molecule has 1 aromatic heterocycles. The van der Waals surface area contributed by atoms with Gasteiger partial charge in [0.05, 0.1) is 37.9 Å². The van der Waals surface area contributed by atoms with Crippen molar-refractivity contribution in [1.29, 1.82) is 0 Å². The van der Waals surface area contributed by atoms with Gasteiger partial charge in [0.2, 0.25) is 11.8 Å². The van der Waals surface area contributed by atoms with E-state index in [-0.39, 0.29) is 36.3 Å². The van der Waals surface area contributed by atoms with Gasteiger partial charge < -0.3 is 29.0 Å². The highest BCUT2D eigenvalue weighted by atomic mass is 32.2. The van der Waals surface area contributed by atoms with Crippen molar-refractivity contribution < 1.29 is 23.8 Å². The summed E-state index contributed by atoms with van der Waals surface area (Å²) in [6.07, 6.45) is 2.01. The minimum absolute atomic E-state index is 0.0249. The average molecular weight is 498 g/mol. The fourth-order valence-corrected chi connectivity index (χ4v) is 5.22. The predicted molar refractivity (Wildman–Crippen MR) is 137 cm³/mol. The van der Waals surface area contributed by atoms with Gasteiger partial charge in [0.1, 0.15) is 18.0 Å². The Balaban J connectivity index is 1.46. The smallest absolute Gasteiger partial charge is 0.242 e. The maximum Gasteiger partial charge on any atom is 0.242 e. The van der Waals surface area contributed by atoms with E-state index in [0.29, 0.717) is 30.3 Å². The third kappa shape index (κ3) is 5.91. The van der Waals surface area contributed by atoms with Gasteiger partial charge in [0.25, 0.3) is 0 Å². The summed E-state index contributed by atoms with van der Waals surface area (Å²) < 4.78 is 18.3. The van der Waals surface area contributed by atoms with Crippen LogP contribution in [0.25, 0.3) is 10.9 Å². The number of carbonyl (C=O) groups is 2. The van der Waals surface area contributed by atoms with Crippen molar-refractivity contribution in [3.8, 4) is 11.5 Å². The molecule has 0 saturated carbocycles. The van der Waals surface area contributed by atoms with Gasteiger partial charge in [-0.25, -0.2) is 0 Å². The zero-order chi connectivity index (χ0) is 24.9. The van der Waals surface area contributed by atoms with Crippen molar-refractivity contribution in [3.05, 3.63) is 48.7 Å². The Kier molecular flexibility index (Phi) is 7.87. The van der Waals surface area contributed by atoms with E-state index >= 15 is 0 Å². The highest BCUT2D eigenvalue weighted by Gasteiger charge is 2.26. The molecule has 3 aromatic rings. The highest BCUT2D eigenvalue weighted by Crippen LogP contribution is 2.32. The Labute approximate surface area is 209 Å². The van der Waals surface area contributed by atoms with Crippen LogP contribution in [0.3, 0.4) is 0 Å². The summed E-state index contributed by atoms with van der Waals surface area (Å²) in [4.78, 5) is 28.6. The number of nitrogens with one attached hydrogen (secondary N) is 1. The number of para-hydroxylation sites is 1. The minimum atomic E-state index is -0.161. The Morgan fingerprint density at radius 2 is 1.83 bits per heavy atom. The molecule has 1 aliphatic rings. The second-order valence-electron chi connectivity index (χ2n) is 8.60. The number of hydrogen-bond donors (Lipinski definition) is 1. The maximum absolute atomic E-state index is 13.1. The molecule has 8 nitrogen and oxygen atoms in total. The van der Waals surface area contributed by atoms with Crippen LogP contribution in [0.15, 0.2) is 53.6 Å².